The van der Waals surface area contributed by atoms with Gasteiger partial charge >= 0.3 is 0 Å². The summed E-state index contributed by atoms with van der Waals surface area (Å²) in [4.78, 5) is 11.3. The summed E-state index contributed by atoms with van der Waals surface area (Å²) in [7, 11) is 0. The third-order valence-electron chi connectivity index (χ3n) is 2.33. The van der Waals surface area contributed by atoms with Crippen molar-refractivity contribution in [1.29, 1.82) is 0 Å². The minimum Gasteiger partial charge on any atom is -0.354 e. The van der Waals surface area contributed by atoms with Gasteiger partial charge in [0.2, 0.25) is 5.91 Å². The summed E-state index contributed by atoms with van der Waals surface area (Å²) < 4.78 is 26.2. The van der Waals surface area contributed by atoms with Gasteiger partial charge in [-0.05, 0) is 19.9 Å². The van der Waals surface area contributed by atoms with Gasteiger partial charge in [0.15, 0.2) is 11.6 Å². The van der Waals surface area contributed by atoms with E-state index >= 15 is 0 Å². The summed E-state index contributed by atoms with van der Waals surface area (Å²) in [5.74, 6) is -1.75. The normalized spacial score (nSPS) is 10.7. The molecule has 2 N–H and O–H groups in total. The van der Waals surface area contributed by atoms with Crippen LogP contribution >= 0.6 is 0 Å². The summed E-state index contributed by atoms with van der Waals surface area (Å²) in [6.07, 6.45) is 0.315. The average molecular weight is 256 g/mol. The van der Waals surface area contributed by atoms with E-state index in [0.717, 1.165) is 6.07 Å². The smallest absolute Gasteiger partial charge is 0.221 e. The van der Waals surface area contributed by atoms with Gasteiger partial charge in [0.05, 0.1) is 0 Å². The Morgan fingerprint density at radius 1 is 1.33 bits per heavy atom. The van der Waals surface area contributed by atoms with Crippen LogP contribution < -0.4 is 10.6 Å². The lowest BCUT2D eigenvalue weighted by molar-refractivity contribution is -0.121. The van der Waals surface area contributed by atoms with E-state index in [1.165, 1.54) is 12.1 Å². The number of carbonyl (C=O) groups is 1. The molecule has 0 heterocycles. The largest absolute Gasteiger partial charge is 0.354 e. The van der Waals surface area contributed by atoms with Crippen molar-refractivity contribution in [2.75, 3.05) is 6.54 Å². The molecule has 0 aliphatic carbocycles. The molecule has 1 rings (SSSR count). The maximum absolute atomic E-state index is 13.3. The molecule has 0 atom stereocenters. The number of rotatable bonds is 6. The van der Waals surface area contributed by atoms with E-state index in [0.29, 0.717) is 13.0 Å². The van der Waals surface area contributed by atoms with Gasteiger partial charge in [0.1, 0.15) is 0 Å². The summed E-state index contributed by atoms with van der Waals surface area (Å²) in [6, 6.07) is 4.16. The number of hydrogen-bond acceptors (Lipinski definition) is 2. The lowest BCUT2D eigenvalue weighted by atomic mass is 10.2. The van der Waals surface area contributed by atoms with Gasteiger partial charge in [-0.1, -0.05) is 12.1 Å². The molecule has 1 aromatic carbocycles. The Morgan fingerprint density at radius 3 is 2.72 bits per heavy atom. The van der Waals surface area contributed by atoms with Crippen LogP contribution in [0, 0.1) is 11.6 Å². The van der Waals surface area contributed by atoms with Crippen LogP contribution in [0.5, 0.6) is 0 Å². The second kappa shape index (κ2) is 7.06. The van der Waals surface area contributed by atoms with Crippen molar-refractivity contribution < 1.29 is 13.6 Å². The zero-order valence-electron chi connectivity index (χ0n) is 10.6. The van der Waals surface area contributed by atoms with Crippen LogP contribution in [0.3, 0.4) is 0 Å². The number of amides is 1. The molecule has 0 fully saturated rings. The van der Waals surface area contributed by atoms with Crippen molar-refractivity contribution in [3.05, 3.63) is 35.4 Å². The quantitative estimate of drug-likeness (QED) is 0.764. The summed E-state index contributed by atoms with van der Waals surface area (Å²) >= 11 is 0. The van der Waals surface area contributed by atoms with Gasteiger partial charge in [-0.3, -0.25) is 4.79 Å². The third-order valence-corrected chi connectivity index (χ3v) is 2.33. The average Bonchev–Trinajstić information content (AvgIpc) is 2.29. The van der Waals surface area contributed by atoms with Crippen LogP contribution in [-0.4, -0.2) is 18.5 Å². The van der Waals surface area contributed by atoms with Crippen LogP contribution in [0.4, 0.5) is 8.78 Å². The number of halogens is 2. The first-order valence-corrected chi connectivity index (χ1v) is 5.93. The third kappa shape index (κ3) is 4.79. The SMILES string of the molecule is CC(C)NC(=O)CCNCc1cccc(F)c1F. The fourth-order valence-electron chi connectivity index (χ4n) is 1.50. The maximum Gasteiger partial charge on any atom is 0.221 e. The molecule has 0 aliphatic heterocycles. The maximum atomic E-state index is 13.3. The van der Waals surface area contributed by atoms with E-state index in [4.69, 9.17) is 0 Å². The molecule has 0 aromatic heterocycles. The van der Waals surface area contributed by atoms with E-state index < -0.39 is 11.6 Å². The first-order chi connectivity index (χ1) is 8.50. The second-order valence-corrected chi connectivity index (χ2v) is 4.36. The molecular formula is C13H18F2N2O. The molecular weight excluding hydrogens is 238 g/mol. The summed E-state index contributed by atoms with van der Waals surface area (Å²) in [6.45, 7) is 4.40. The van der Waals surface area contributed by atoms with Crippen molar-refractivity contribution in [2.24, 2.45) is 0 Å². The van der Waals surface area contributed by atoms with Crippen molar-refractivity contribution in [3.63, 3.8) is 0 Å². The monoisotopic (exact) mass is 256 g/mol. The Hall–Kier alpha value is -1.49. The molecule has 0 radical (unpaired) electrons. The molecule has 0 saturated carbocycles. The molecule has 18 heavy (non-hydrogen) atoms. The lowest BCUT2D eigenvalue weighted by Crippen LogP contribution is -2.32. The molecule has 1 aromatic rings. The Bertz CT molecular complexity index is 408. The fraction of sp³-hybridized carbons (Fsp3) is 0.462. The van der Waals surface area contributed by atoms with Crippen molar-refractivity contribution in [2.45, 2.75) is 32.9 Å². The first kappa shape index (κ1) is 14.6. The predicted molar refractivity (Wildman–Crippen MR) is 66.0 cm³/mol. The van der Waals surface area contributed by atoms with Crippen LogP contribution in [-0.2, 0) is 11.3 Å². The molecule has 100 valence electrons. The van der Waals surface area contributed by atoms with E-state index in [2.05, 4.69) is 10.6 Å². The van der Waals surface area contributed by atoms with E-state index in [1.807, 2.05) is 13.8 Å². The highest BCUT2D eigenvalue weighted by Crippen LogP contribution is 2.10. The van der Waals surface area contributed by atoms with Gasteiger partial charge in [-0.15, -0.1) is 0 Å². The second-order valence-electron chi connectivity index (χ2n) is 4.36. The number of carbonyl (C=O) groups excluding carboxylic acids is 1. The highest BCUT2D eigenvalue weighted by atomic mass is 19.2. The molecule has 0 unspecified atom stereocenters. The standard InChI is InChI=1S/C13H18F2N2O/c1-9(2)17-12(18)6-7-16-8-10-4-3-5-11(14)13(10)15/h3-5,9,16H,6-8H2,1-2H3,(H,17,18). The first-order valence-electron chi connectivity index (χ1n) is 5.93. The summed E-state index contributed by atoms with van der Waals surface area (Å²) in [5.41, 5.74) is 0.263. The zero-order valence-corrected chi connectivity index (χ0v) is 10.6. The Kier molecular flexibility index (Phi) is 5.71. The van der Waals surface area contributed by atoms with Crippen LogP contribution in [0.25, 0.3) is 0 Å². The van der Waals surface area contributed by atoms with Crippen molar-refractivity contribution >= 4 is 5.91 Å². The van der Waals surface area contributed by atoms with E-state index in [1.54, 1.807) is 0 Å². The topological polar surface area (TPSA) is 41.1 Å². The molecule has 5 heteroatoms. The van der Waals surface area contributed by atoms with Crippen molar-refractivity contribution in [1.82, 2.24) is 10.6 Å². The lowest BCUT2D eigenvalue weighted by Gasteiger charge is -2.09. The van der Waals surface area contributed by atoms with E-state index in [-0.39, 0.29) is 24.1 Å². The van der Waals surface area contributed by atoms with E-state index in [9.17, 15) is 13.6 Å². The van der Waals surface area contributed by atoms with Gasteiger partial charge < -0.3 is 10.6 Å². The Morgan fingerprint density at radius 2 is 2.06 bits per heavy atom. The molecule has 0 aliphatic rings. The zero-order chi connectivity index (χ0) is 13.5. The molecule has 3 nitrogen and oxygen atoms in total. The van der Waals surface area contributed by atoms with Gasteiger partial charge in [-0.25, -0.2) is 8.78 Å². The van der Waals surface area contributed by atoms with Crippen LogP contribution in [0.1, 0.15) is 25.8 Å². The minimum absolute atomic E-state index is 0.0581. The molecule has 0 spiro atoms. The van der Waals surface area contributed by atoms with Crippen LogP contribution in [0.2, 0.25) is 0 Å². The Balaban J connectivity index is 2.30. The minimum atomic E-state index is -0.855. The molecule has 0 saturated heterocycles. The highest BCUT2D eigenvalue weighted by Gasteiger charge is 2.07. The molecule has 1 amide bonds. The van der Waals surface area contributed by atoms with Gasteiger partial charge in [0.25, 0.3) is 0 Å². The summed E-state index contributed by atoms with van der Waals surface area (Å²) in [5, 5.41) is 5.66. The number of benzene rings is 1. The predicted octanol–water partition coefficient (Wildman–Crippen LogP) is 1.97. The number of nitrogens with one attached hydrogen (secondary N) is 2. The van der Waals surface area contributed by atoms with Crippen LogP contribution in [0.15, 0.2) is 18.2 Å². The van der Waals surface area contributed by atoms with Crippen molar-refractivity contribution in [3.8, 4) is 0 Å². The highest BCUT2D eigenvalue weighted by molar-refractivity contribution is 5.76. The Labute approximate surface area is 106 Å². The van der Waals surface area contributed by atoms with Gasteiger partial charge in [0, 0.05) is 31.1 Å². The molecule has 0 bridgehead atoms. The number of hydrogen-bond donors (Lipinski definition) is 2. The fourth-order valence-corrected chi connectivity index (χ4v) is 1.50. The van der Waals surface area contributed by atoms with Gasteiger partial charge in [-0.2, -0.15) is 0 Å².